The zero-order valence-corrected chi connectivity index (χ0v) is 14.8. The summed E-state index contributed by atoms with van der Waals surface area (Å²) in [6.45, 7) is 7.59. The molecule has 0 bridgehead atoms. The Balaban J connectivity index is 1.76. The lowest BCUT2D eigenvalue weighted by atomic mass is 10.1. The van der Waals surface area contributed by atoms with Crippen LogP contribution in [0.15, 0.2) is 42.5 Å². The molecule has 0 saturated heterocycles. The summed E-state index contributed by atoms with van der Waals surface area (Å²) in [7, 11) is 0. The van der Waals surface area contributed by atoms with Crippen molar-refractivity contribution >= 4 is 11.4 Å². The highest BCUT2D eigenvalue weighted by atomic mass is 16.5. The molecule has 24 heavy (non-hydrogen) atoms. The Kier molecular flexibility index (Phi) is 6.79. The monoisotopic (exact) mass is 328 g/mol. The number of nitrogens with one attached hydrogen (secondary N) is 1. The standard InChI is InChI=1S/C20H28N2O2/c1-4-23-18-10-8-17(9-11-18)22-13-5-6-16-7-12-20(19(21)14-16)24-15(2)3/h7-12,14-15,22H,4-6,13,21H2,1-3H3. The predicted molar refractivity (Wildman–Crippen MR) is 101 cm³/mol. The van der Waals surface area contributed by atoms with Gasteiger partial charge in [0.2, 0.25) is 0 Å². The number of anilines is 2. The Bertz CT molecular complexity index is 624. The van der Waals surface area contributed by atoms with Crippen molar-refractivity contribution in [3.8, 4) is 11.5 Å². The Labute approximate surface area is 145 Å². The second-order valence-corrected chi connectivity index (χ2v) is 6.03. The molecule has 0 heterocycles. The quantitative estimate of drug-likeness (QED) is 0.526. The minimum Gasteiger partial charge on any atom is -0.494 e. The third-order valence-electron chi connectivity index (χ3n) is 3.57. The third-order valence-corrected chi connectivity index (χ3v) is 3.57. The van der Waals surface area contributed by atoms with Crippen LogP contribution in [0.1, 0.15) is 32.8 Å². The fourth-order valence-electron chi connectivity index (χ4n) is 2.48. The van der Waals surface area contributed by atoms with E-state index in [2.05, 4.69) is 11.4 Å². The van der Waals surface area contributed by atoms with Gasteiger partial charge in [0.15, 0.2) is 0 Å². The Hall–Kier alpha value is -2.36. The summed E-state index contributed by atoms with van der Waals surface area (Å²) in [5, 5.41) is 3.42. The summed E-state index contributed by atoms with van der Waals surface area (Å²) in [5.74, 6) is 1.67. The average molecular weight is 328 g/mol. The van der Waals surface area contributed by atoms with Crippen LogP contribution in [0.3, 0.4) is 0 Å². The molecule has 3 N–H and O–H groups in total. The number of aryl methyl sites for hydroxylation is 1. The third kappa shape index (κ3) is 5.69. The Morgan fingerprint density at radius 2 is 1.83 bits per heavy atom. The number of nitrogen functional groups attached to an aromatic ring is 1. The van der Waals surface area contributed by atoms with Crippen molar-refractivity contribution in [1.29, 1.82) is 0 Å². The summed E-state index contributed by atoms with van der Waals surface area (Å²) < 4.78 is 11.1. The number of benzene rings is 2. The van der Waals surface area contributed by atoms with Gasteiger partial charge in [0.25, 0.3) is 0 Å². The van der Waals surface area contributed by atoms with Gasteiger partial charge in [-0.3, -0.25) is 0 Å². The lowest BCUT2D eigenvalue weighted by Gasteiger charge is -2.13. The molecule has 2 rings (SSSR count). The predicted octanol–water partition coefficient (Wildman–Crippen LogP) is 4.50. The van der Waals surface area contributed by atoms with Gasteiger partial charge >= 0.3 is 0 Å². The molecule has 0 radical (unpaired) electrons. The molecule has 0 saturated carbocycles. The molecule has 0 unspecified atom stereocenters. The molecule has 0 aliphatic carbocycles. The topological polar surface area (TPSA) is 56.5 Å². The maximum absolute atomic E-state index is 6.05. The van der Waals surface area contributed by atoms with E-state index >= 15 is 0 Å². The fraction of sp³-hybridized carbons (Fsp3) is 0.400. The van der Waals surface area contributed by atoms with Gasteiger partial charge in [-0.25, -0.2) is 0 Å². The molecule has 0 atom stereocenters. The maximum atomic E-state index is 6.05. The molecule has 2 aromatic rings. The van der Waals surface area contributed by atoms with Crippen LogP contribution in [0.5, 0.6) is 11.5 Å². The van der Waals surface area contributed by atoms with Gasteiger partial charge in [-0.05, 0) is 75.6 Å². The summed E-state index contributed by atoms with van der Waals surface area (Å²) >= 11 is 0. The van der Waals surface area contributed by atoms with Gasteiger partial charge < -0.3 is 20.5 Å². The smallest absolute Gasteiger partial charge is 0.142 e. The van der Waals surface area contributed by atoms with Crippen LogP contribution in [0.4, 0.5) is 11.4 Å². The second kappa shape index (κ2) is 9.06. The van der Waals surface area contributed by atoms with E-state index in [4.69, 9.17) is 15.2 Å². The first kappa shape index (κ1) is 18.0. The fourth-order valence-corrected chi connectivity index (χ4v) is 2.48. The van der Waals surface area contributed by atoms with Crippen molar-refractivity contribution in [2.45, 2.75) is 39.7 Å². The van der Waals surface area contributed by atoms with Crippen molar-refractivity contribution in [2.24, 2.45) is 0 Å². The summed E-state index contributed by atoms with van der Waals surface area (Å²) in [6, 6.07) is 14.1. The SMILES string of the molecule is CCOc1ccc(NCCCc2ccc(OC(C)C)c(N)c2)cc1. The van der Waals surface area contributed by atoms with E-state index in [0.29, 0.717) is 12.3 Å². The first-order chi connectivity index (χ1) is 11.6. The molecule has 130 valence electrons. The number of nitrogens with two attached hydrogens (primary N) is 1. The van der Waals surface area contributed by atoms with Gasteiger partial charge in [0, 0.05) is 12.2 Å². The van der Waals surface area contributed by atoms with Gasteiger partial charge in [-0.15, -0.1) is 0 Å². The van der Waals surface area contributed by atoms with E-state index < -0.39 is 0 Å². The van der Waals surface area contributed by atoms with Crippen LogP contribution in [-0.2, 0) is 6.42 Å². The number of ether oxygens (including phenoxy) is 2. The van der Waals surface area contributed by atoms with Crippen LogP contribution in [0, 0.1) is 0 Å². The van der Waals surface area contributed by atoms with E-state index in [0.717, 1.165) is 36.6 Å². The van der Waals surface area contributed by atoms with Crippen LogP contribution < -0.4 is 20.5 Å². The number of hydrogen-bond donors (Lipinski definition) is 2. The van der Waals surface area contributed by atoms with E-state index in [1.54, 1.807) is 0 Å². The molecule has 4 nitrogen and oxygen atoms in total. The van der Waals surface area contributed by atoms with Crippen molar-refractivity contribution in [2.75, 3.05) is 24.2 Å². The zero-order valence-electron chi connectivity index (χ0n) is 14.8. The van der Waals surface area contributed by atoms with Crippen LogP contribution in [-0.4, -0.2) is 19.3 Å². The Morgan fingerprint density at radius 1 is 1.08 bits per heavy atom. The molecule has 0 aliphatic heterocycles. The maximum Gasteiger partial charge on any atom is 0.142 e. The first-order valence-electron chi connectivity index (χ1n) is 8.60. The highest BCUT2D eigenvalue weighted by Crippen LogP contribution is 2.24. The highest BCUT2D eigenvalue weighted by Gasteiger charge is 2.04. The van der Waals surface area contributed by atoms with E-state index in [1.165, 1.54) is 5.56 Å². The lowest BCUT2D eigenvalue weighted by molar-refractivity contribution is 0.244. The largest absolute Gasteiger partial charge is 0.494 e. The van der Waals surface area contributed by atoms with E-state index in [-0.39, 0.29) is 6.10 Å². The molecular weight excluding hydrogens is 300 g/mol. The van der Waals surface area contributed by atoms with E-state index in [1.807, 2.05) is 57.2 Å². The molecule has 0 amide bonds. The highest BCUT2D eigenvalue weighted by molar-refractivity contribution is 5.54. The van der Waals surface area contributed by atoms with Gasteiger partial charge in [0.1, 0.15) is 11.5 Å². The van der Waals surface area contributed by atoms with Crippen LogP contribution in [0.25, 0.3) is 0 Å². The number of rotatable bonds is 9. The normalized spacial score (nSPS) is 10.7. The molecule has 0 spiro atoms. The van der Waals surface area contributed by atoms with Gasteiger partial charge in [-0.1, -0.05) is 6.07 Å². The summed E-state index contributed by atoms with van der Waals surface area (Å²) in [6.07, 6.45) is 2.16. The van der Waals surface area contributed by atoms with E-state index in [9.17, 15) is 0 Å². The molecule has 4 heteroatoms. The molecule has 0 aromatic heterocycles. The minimum absolute atomic E-state index is 0.136. The van der Waals surface area contributed by atoms with Crippen molar-refractivity contribution in [3.63, 3.8) is 0 Å². The zero-order chi connectivity index (χ0) is 17.4. The van der Waals surface area contributed by atoms with Crippen molar-refractivity contribution in [1.82, 2.24) is 0 Å². The molecule has 0 aliphatic rings. The molecule has 0 fully saturated rings. The first-order valence-corrected chi connectivity index (χ1v) is 8.60. The van der Waals surface area contributed by atoms with Crippen molar-refractivity contribution in [3.05, 3.63) is 48.0 Å². The van der Waals surface area contributed by atoms with Crippen molar-refractivity contribution < 1.29 is 9.47 Å². The minimum atomic E-state index is 0.136. The van der Waals surface area contributed by atoms with Gasteiger partial charge in [-0.2, -0.15) is 0 Å². The lowest BCUT2D eigenvalue weighted by Crippen LogP contribution is -2.08. The molecule has 2 aromatic carbocycles. The number of hydrogen-bond acceptors (Lipinski definition) is 4. The molecular formula is C20H28N2O2. The van der Waals surface area contributed by atoms with Crippen LogP contribution >= 0.6 is 0 Å². The summed E-state index contributed by atoms with van der Waals surface area (Å²) in [5.41, 5.74) is 9.10. The average Bonchev–Trinajstić information content (AvgIpc) is 2.55. The van der Waals surface area contributed by atoms with Crippen LogP contribution in [0.2, 0.25) is 0 Å². The van der Waals surface area contributed by atoms with Gasteiger partial charge in [0.05, 0.1) is 18.4 Å². The second-order valence-electron chi connectivity index (χ2n) is 6.03. The summed E-state index contributed by atoms with van der Waals surface area (Å²) in [4.78, 5) is 0. The Morgan fingerprint density at radius 3 is 2.46 bits per heavy atom.